The number of amides is 1. The van der Waals surface area contributed by atoms with Crippen LogP contribution in [0.1, 0.15) is 15.9 Å². The minimum Gasteiger partial charge on any atom is -0.322 e. The maximum absolute atomic E-state index is 12.3. The van der Waals surface area contributed by atoms with Crippen molar-refractivity contribution in [2.75, 3.05) is 5.32 Å². The molecule has 1 amide bonds. The number of hydrogen-bond acceptors (Lipinski definition) is 3. The van der Waals surface area contributed by atoms with Gasteiger partial charge in [-0.2, -0.15) is 0 Å². The molecule has 0 radical (unpaired) electrons. The van der Waals surface area contributed by atoms with Crippen molar-refractivity contribution in [2.45, 2.75) is 11.8 Å². The van der Waals surface area contributed by atoms with Crippen LogP contribution in [0.4, 0.5) is 5.69 Å². The molecule has 21 heavy (non-hydrogen) atoms. The first-order chi connectivity index (χ1) is 9.79. The van der Waals surface area contributed by atoms with Gasteiger partial charge in [0.1, 0.15) is 0 Å². The SMILES string of the molecule is Cc1cc(Cl)ccc1NC(=O)c1ccccc1S(N)(=O)=O. The molecule has 110 valence electrons. The number of carbonyl (C=O) groups is 1. The van der Waals surface area contributed by atoms with E-state index in [1.807, 2.05) is 0 Å². The summed E-state index contributed by atoms with van der Waals surface area (Å²) in [6, 6.07) is 10.7. The van der Waals surface area contributed by atoms with Crippen molar-refractivity contribution >= 4 is 33.2 Å². The minimum absolute atomic E-state index is 0.00523. The summed E-state index contributed by atoms with van der Waals surface area (Å²) in [6.07, 6.45) is 0. The van der Waals surface area contributed by atoms with E-state index in [-0.39, 0.29) is 10.5 Å². The summed E-state index contributed by atoms with van der Waals surface area (Å²) in [5.41, 5.74) is 1.31. The molecule has 0 aliphatic heterocycles. The number of primary sulfonamides is 1. The average Bonchev–Trinajstić information content (AvgIpc) is 2.41. The van der Waals surface area contributed by atoms with Crippen molar-refractivity contribution in [2.24, 2.45) is 5.14 Å². The summed E-state index contributed by atoms with van der Waals surface area (Å²) in [4.78, 5) is 12.0. The van der Waals surface area contributed by atoms with Gasteiger partial charge in [-0.3, -0.25) is 4.79 Å². The summed E-state index contributed by atoms with van der Waals surface area (Å²) >= 11 is 5.85. The third-order valence-electron chi connectivity index (χ3n) is 2.87. The van der Waals surface area contributed by atoms with Crippen molar-refractivity contribution in [3.05, 3.63) is 58.6 Å². The molecule has 2 aromatic carbocycles. The van der Waals surface area contributed by atoms with Gasteiger partial charge < -0.3 is 5.32 Å². The van der Waals surface area contributed by atoms with Gasteiger partial charge in [-0.1, -0.05) is 23.7 Å². The molecule has 0 aliphatic rings. The van der Waals surface area contributed by atoms with Gasteiger partial charge in [-0.25, -0.2) is 13.6 Å². The molecule has 0 fully saturated rings. The maximum atomic E-state index is 12.3. The number of aryl methyl sites for hydroxylation is 1. The lowest BCUT2D eigenvalue weighted by molar-refractivity contribution is 0.102. The van der Waals surface area contributed by atoms with Crippen LogP contribution in [0, 0.1) is 6.92 Å². The lowest BCUT2D eigenvalue weighted by atomic mass is 10.1. The van der Waals surface area contributed by atoms with Crippen LogP contribution in [0.15, 0.2) is 47.4 Å². The Hall–Kier alpha value is -1.89. The Kier molecular flexibility index (Phi) is 4.32. The zero-order valence-electron chi connectivity index (χ0n) is 11.1. The normalized spacial score (nSPS) is 11.2. The first kappa shape index (κ1) is 15.5. The summed E-state index contributed by atoms with van der Waals surface area (Å²) in [5.74, 6) is -0.551. The molecule has 2 rings (SSSR count). The molecule has 0 unspecified atom stereocenters. The van der Waals surface area contributed by atoms with Gasteiger partial charge in [0.2, 0.25) is 10.0 Å². The number of rotatable bonds is 3. The van der Waals surface area contributed by atoms with Crippen LogP contribution >= 0.6 is 11.6 Å². The van der Waals surface area contributed by atoms with E-state index in [1.54, 1.807) is 31.2 Å². The largest absolute Gasteiger partial charge is 0.322 e. The van der Waals surface area contributed by atoms with Crippen LogP contribution in [-0.2, 0) is 10.0 Å². The van der Waals surface area contributed by atoms with Crippen LogP contribution in [0.25, 0.3) is 0 Å². The van der Waals surface area contributed by atoms with Gasteiger partial charge in [-0.05, 0) is 42.8 Å². The highest BCUT2D eigenvalue weighted by molar-refractivity contribution is 7.89. The topological polar surface area (TPSA) is 89.3 Å². The summed E-state index contributed by atoms with van der Waals surface area (Å²) in [6.45, 7) is 1.78. The zero-order chi connectivity index (χ0) is 15.6. The number of sulfonamides is 1. The predicted octanol–water partition coefficient (Wildman–Crippen LogP) is 2.55. The highest BCUT2D eigenvalue weighted by Crippen LogP contribution is 2.21. The molecule has 2 aromatic rings. The van der Waals surface area contributed by atoms with Crippen LogP contribution in [0.3, 0.4) is 0 Å². The first-order valence-electron chi connectivity index (χ1n) is 5.98. The quantitative estimate of drug-likeness (QED) is 0.909. The van der Waals surface area contributed by atoms with Gasteiger partial charge >= 0.3 is 0 Å². The summed E-state index contributed by atoms with van der Waals surface area (Å²) in [5, 5.41) is 8.31. The average molecular weight is 325 g/mol. The molecule has 7 heteroatoms. The van der Waals surface area contributed by atoms with E-state index < -0.39 is 15.9 Å². The van der Waals surface area contributed by atoms with E-state index in [4.69, 9.17) is 16.7 Å². The van der Waals surface area contributed by atoms with Crippen molar-refractivity contribution in [1.29, 1.82) is 0 Å². The molecule has 0 aromatic heterocycles. The van der Waals surface area contributed by atoms with Gasteiger partial charge in [0.25, 0.3) is 5.91 Å². The molecule has 0 bridgehead atoms. The van der Waals surface area contributed by atoms with Crippen molar-refractivity contribution in [3.63, 3.8) is 0 Å². The highest BCUT2D eigenvalue weighted by Gasteiger charge is 2.19. The number of benzene rings is 2. The van der Waals surface area contributed by atoms with Crippen molar-refractivity contribution in [3.8, 4) is 0 Å². The fraction of sp³-hybridized carbons (Fsp3) is 0.0714. The molecule has 0 saturated carbocycles. The fourth-order valence-corrected chi connectivity index (χ4v) is 2.82. The number of carbonyl (C=O) groups excluding carboxylic acids is 1. The Labute approximate surface area is 127 Å². The molecular weight excluding hydrogens is 312 g/mol. The van der Waals surface area contributed by atoms with E-state index in [0.717, 1.165) is 5.56 Å². The number of nitrogens with two attached hydrogens (primary N) is 1. The van der Waals surface area contributed by atoms with E-state index in [2.05, 4.69) is 5.32 Å². The van der Waals surface area contributed by atoms with Crippen LogP contribution in [-0.4, -0.2) is 14.3 Å². The van der Waals surface area contributed by atoms with E-state index in [1.165, 1.54) is 18.2 Å². The van der Waals surface area contributed by atoms with Gasteiger partial charge in [-0.15, -0.1) is 0 Å². The van der Waals surface area contributed by atoms with Crippen molar-refractivity contribution < 1.29 is 13.2 Å². The second kappa shape index (κ2) is 5.85. The van der Waals surface area contributed by atoms with Crippen LogP contribution in [0.5, 0.6) is 0 Å². The summed E-state index contributed by atoms with van der Waals surface area (Å²) < 4.78 is 23.0. The molecule has 0 aliphatic carbocycles. The molecule has 5 nitrogen and oxygen atoms in total. The first-order valence-corrected chi connectivity index (χ1v) is 7.91. The third kappa shape index (κ3) is 3.60. The number of nitrogens with one attached hydrogen (secondary N) is 1. The Morgan fingerprint density at radius 3 is 2.48 bits per heavy atom. The number of hydrogen-bond donors (Lipinski definition) is 2. The third-order valence-corrected chi connectivity index (χ3v) is 4.08. The lowest BCUT2D eigenvalue weighted by Crippen LogP contribution is -2.20. The standard InChI is InChI=1S/C14H13ClN2O3S/c1-9-8-10(15)6-7-12(9)17-14(18)11-4-2-3-5-13(11)21(16,19)20/h2-8H,1H3,(H,17,18)(H2,16,19,20). The van der Waals surface area contributed by atoms with E-state index in [0.29, 0.717) is 10.7 Å². The van der Waals surface area contributed by atoms with E-state index >= 15 is 0 Å². The van der Waals surface area contributed by atoms with Gasteiger partial charge in [0.05, 0.1) is 10.5 Å². The monoisotopic (exact) mass is 324 g/mol. The molecular formula is C14H13ClN2O3S. The fourth-order valence-electron chi connectivity index (χ4n) is 1.86. The Morgan fingerprint density at radius 2 is 1.86 bits per heavy atom. The summed E-state index contributed by atoms with van der Waals surface area (Å²) in [7, 11) is -3.97. The Bertz CT molecular complexity index is 804. The number of anilines is 1. The molecule has 0 atom stereocenters. The Balaban J connectivity index is 2.38. The Morgan fingerprint density at radius 1 is 1.19 bits per heavy atom. The van der Waals surface area contributed by atoms with E-state index in [9.17, 15) is 13.2 Å². The van der Waals surface area contributed by atoms with Gasteiger partial charge in [0.15, 0.2) is 0 Å². The maximum Gasteiger partial charge on any atom is 0.257 e. The van der Waals surface area contributed by atoms with Crippen molar-refractivity contribution in [1.82, 2.24) is 0 Å². The second-order valence-corrected chi connectivity index (χ2v) is 6.42. The molecule has 0 heterocycles. The lowest BCUT2D eigenvalue weighted by Gasteiger charge is -2.11. The predicted molar refractivity (Wildman–Crippen MR) is 82.0 cm³/mol. The zero-order valence-corrected chi connectivity index (χ0v) is 12.7. The highest BCUT2D eigenvalue weighted by atomic mass is 35.5. The molecule has 0 spiro atoms. The smallest absolute Gasteiger partial charge is 0.257 e. The number of halogens is 1. The van der Waals surface area contributed by atoms with Crippen LogP contribution < -0.4 is 10.5 Å². The second-order valence-electron chi connectivity index (χ2n) is 4.45. The van der Waals surface area contributed by atoms with Gasteiger partial charge in [0, 0.05) is 10.7 Å². The minimum atomic E-state index is -3.97. The molecule has 0 saturated heterocycles. The molecule has 3 N–H and O–H groups in total. The van der Waals surface area contributed by atoms with Crippen LogP contribution in [0.2, 0.25) is 5.02 Å².